The summed E-state index contributed by atoms with van der Waals surface area (Å²) in [5.74, 6) is -0.481. The van der Waals surface area contributed by atoms with Crippen molar-refractivity contribution in [1.82, 2.24) is 15.1 Å². The van der Waals surface area contributed by atoms with Gasteiger partial charge in [-0.3, -0.25) is 4.79 Å². The van der Waals surface area contributed by atoms with Crippen LogP contribution < -0.4 is 10.6 Å². The van der Waals surface area contributed by atoms with E-state index in [0.717, 1.165) is 34.4 Å². The van der Waals surface area contributed by atoms with Crippen molar-refractivity contribution in [2.45, 2.75) is 6.54 Å². The number of carbonyl (C=O) groups excluding carboxylic acids is 3. The minimum atomic E-state index is -0.306. The fraction of sp³-hybridized carbons (Fsp3) is 0.154. The molecule has 0 unspecified atom stereocenters. The summed E-state index contributed by atoms with van der Waals surface area (Å²) >= 11 is 0. The predicted molar refractivity (Wildman–Crippen MR) is 133 cm³/mol. The molecule has 9 heteroatoms. The Balaban J connectivity index is 0.00000103. The zero-order valence-electron chi connectivity index (χ0n) is 19.4. The maximum Gasteiger partial charge on any atom is 0.252 e. The van der Waals surface area contributed by atoms with Gasteiger partial charge in [0.05, 0.1) is 29.6 Å². The van der Waals surface area contributed by atoms with E-state index in [0.29, 0.717) is 18.7 Å². The lowest BCUT2D eigenvalue weighted by Crippen LogP contribution is -2.23. The number of methoxy groups -OCH3 is 1. The number of ether oxygens (including phenoxy) is 1. The van der Waals surface area contributed by atoms with Crippen molar-refractivity contribution >= 4 is 36.1 Å². The molecule has 1 heterocycles. The van der Waals surface area contributed by atoms with Gasteiger partial charge in [0.15, 0.2) is 0 Å². The Morgan fingerprint density at radius 1 is 1.00 bits per heavy atom. The van der Waals surface area contributed by atoms with E-state index < -0.39 is 0 Å². The summed E-state index contributed by atoms with van der Waals surface area (Å²) in [6, 6.07) is 19.5. The first-order valence-corrected chi connectivity index (χ1v) is 10.6. The van der Waals surface area contributed by atoms with Crippen LogP contribution in [0.1, 0.15) is 15.9 Å². The van der Waals surface area contributed by atoms with Crippen LogP contribution in [0.2, 0.25) is 0 Å². The summed E-state index contributed by atoms with van der Waals surface area (Å²) in [7, 11) is 1.67. The number of nitrogens with zero attached hydrogens (tertiary/aromatic N) is 2. The zero-order chi connectivity index (χ0) is 25.6. The van der Waals surface area contributed by atoms with Crippen LogP contribution in [0.15, 0.2) is 72.9 Å². The van der Waals surface area contributed by atoms with E-state index in [1.165, 1.54) is 12.1 Å². The Bertz CT molecular complexity index is 1210. The highest BCUT2D eigenvalue weighted by Crippen LogP contribution is 2.22. The molecule has 0 fully saturated rings. The summed E-state index contributed by atoms with van der Waals surface area (Å²) in [6.45, 7) is 5.79. The zero-order valence-corrected chi connectivity index (χ0v) is 19.4. The Morgan fingerprint density at radius 2 is 1.69 bits per heavy atom. The van der Waals surface area contributed by atoms with Crippen molar-refractivity contribution in [3.05, 3.63) is 89.9 Å². The molecule has 1 amide bonds. The fourth-order valence-electron chi connectivity index (χ4n) is 3.35. The third-order valence-corrected chi connectivity index (χ3v) is 4.97. The van der Waals surface area contributed by atoms with E-state index in [1.54, 1.807) is 36.2 Å². The second kappa shape index (κ2) is 14.0. The van der Waals surface area contributed by atoms with Gasteiger partial charge in [-0.2, -0.15) is 5.10 Å². The van der Waals surface area contributed by atoms with Crippen molar-refractivity contribution in [2.24, 2.45) is 0 Å². The monoisotopic (exact) mass is 478 g/mol. The number of benzene rings is 3. The van der Waals surface area contributed by atoms with Crippen LogP contribution in [0.3, 0.4) is 0 Å². The van der Waals surface area contributed by atoms with Crippen LogP contribution in [-0.4, -0.2) is 49.5 Å². The highest BCUT2D eigenvalue weighted by molar-refractivity contribution is 6.06. The first-order valence-electron chi connectivity index (χ1n) is 10.6. The molecule has 4 aromatic rings. The van der Waals surface area contributed by atoms with Crippen molar-refractivity contribution in [3.8, 4) is 5.69 Å². The van der Waals surface area contributed by atoms with Gasteiger partial charge in [0.1, 0.15) is 19.4 Å². The topological polar surface area (TPSA) is 102 Å². The Hall–Kier alpha value is -4.37. The van der Waals surface area contributed by atoms with Gasteiger partial charge in [0.25, 0.3) is 5.91 Å². The molecule has 4 rings (SSSR count). The van der Waals surface area contributed by atoms with E-state index >= 15 is 0 Å². The lowest BCUT2D eigenvalue weighted by molar-refractivity contribution is -0.0987. The summed E-state index contributed by atoms with van der Waals surface area (Å²) in [5.41, 5.74) is 4.06. The molecular formula is C26H27FN4O4. The fourth-order valence-corrected chi connectivity index (χ4v) is 3.35. The average Bonchev–Trinajstić information content (AvgIpc) is 3.35. The van der Waals surface area contributed by atoms with Gasteiger partial charge in [0.2, 0.25) is 0 Å². The minimum Gasteiger partial charge on any atom is -0.383 e. The van der Waals surface area contributed by atoms with E-state index in [-0.39, 0.29) is 11.7 Å². The number of anilines is 1. The molecule has 0 saturated heterocycles. The summed E-state index contributed by atoms with van der Waals surface area (Å²) < 4.78 is 20.0. The van der Waals surface area contributed by atoms with Crippen LogP contribution in [0.4, 0.5) is 10.1 Å². The summed E-state index contributed by atoms with van der Waals surface area (Å²) in [6.07, 6.45) is 1.66. The molecule has 0 radical (unpaired) electrons. The summed E-state index contributed by atoms with van der Waals surface area (Å²) in [5, 5.41) is 11.4. The Morgan fingerprint density at radius 3 is 2.34 bits per heavy atom. The second-order valence-corrected chi connectivity index (χ2v) is 7.07. The van der Waals surface area contributed by atoms with Crippen molar-refractivity contribution in [3.63, 3.8) is 0 Å². The number of carbonyl (C=O) groups is 3. The van der Waals surface area contributed by atoms with Gasteiger partial charge in [-0.1, -0.05) is 18.2 Å². The Kier molecular flexibility index (Phi) is 10.8. The molecule has 8 nitrogen and oxygen atoms in total. The van der Waals surface area contributed by atoms with Gasteiger partial charge in [-0.25, -0.2) is 9.07 Å². The van der Waals surface area contributed by atoms with Gasteiger partial charge in [-0.05, 0) is 54.1 Å². The molecular weight excluding hydrogens is 451 g/mol. The third kappa shape index (κ3) is 7.05. The molecule has 0 atom stereocenters. The van der Waals surface area contributed by atoms with Gasteiger partial charge < -0.3 is 25.0 Å². The highest BCUT2D eigenvalue weighted by atomic mass is 19.1. The molecule has 0 bridgehead atoms. The molecule has 2 N–H and O–H groups in total. The maximum absolute atomic E-state index is 13.2. The first kappa shape index (κ1) is 26.9. The largest absolute Gasteiger partial charge is 0.383 e. The van der Waals surface area contributed by atoms with E-state index in [2.05, 4.69) is 15.7 Å². The van der Waals surface area contributed by atoms with E-state index in [4.69, 9.17) is 14.3 Å². The number of fused-ring (bicyclic) bond motifs is 1. The van der Waals surface area contributed by atoms with Crippen LogP contribution in [0.5, 0.6) is 0 Å². The first-order chi connectivity index (χ1) is 17.2. The van der Waals surface area contributed by atoms with Gasteiger partial charge >= 0.3 is 0 Å². The predicted octanol–water partition coefficient (Wildman–Crippen LogP) is 3.78. The van der Waals surface area contributed by atoms with Crippen molar-refractivity contribution in [1.29, 1.82) is 0 Å². The van der Waals surface area contributed by atoms with Gasteiger partial charge in [0, 0.05) is 31.3 Å². The number of amides is 1. The van der Waals surface area contributed by atoms with Crippen molar-refractivity contribution < 1.29 is 23.5 Å². The molecule has 0 saturated carbocycles. The quantitative estimate of drug-likeness (QED) is 0.374. The lowest BCUT2D eigenvalue weighted by Gasteiger charge is -2.09. The lowest BCUT2D eigenvalue weighted by atomic mass is 10.1. The van der Waals surface area contributed by atoms with Gasteiger partial charge in [-0.15, -0.1) is 0 Å². The molecule has 182 valence electrons. The second-order valence-electron chi connectivity index (χ2n) is 7.07. The normalized spacial score (nSPS) is 9.89. The molecule has 35 heavy (non-hydrogen) atoms. The maximum atomic E-state index is 13.2. The molecule has 0 aliphatic heterocycles. The van der Waals surface area contributed by atoms with Crippen LogP contribution in [0.25, 0.3) is 16.6 Å². The molecule has 1 aromatic heterocycles. The standard InChI is InChI=1S/C24H23FN4O2.2CH2O/c1-31-14-13-26-19-9-5-17(6-10-19)15-27-24(30)21-3-2-4-23-22(21)16-28-29(23)20-11-7-18(25)8-12-20;2*1-2/h2-12,16,26H,13-15H2,1H3,(H,27,30);2*1H2. The number of hydrogen-bond donors (Lipinski definition) is 2. The molecule has 0 spiro atoms. The van der Waals surface area contributed by atoms with Crippen LogP contribution in [-0.2, 0) is 20.9 Å². The summed E-state index contributed by atoms with van der Waals surface area (Å²) in [4.78, 5) is 28.8. The number of aromatic nitrogens is 2. The molecule has 3 aromatic carbocycles. The van der Waals surface area contributed by atoms with Crippen molar-refractivity contribution in [2.75, 3.05) is 25.6 Å². The number of nitrogens with one attached hydrogen (secondary N) is 2. The molecule has 0 aliphatic rings. The number of halogens is 1. The van der Waals surface area contributed by atoms with E-state index in [9.17, 15) is 9.18 Å². The van der Waals surface area contributed by atoms with Crippen LogP contribution >= 0.6 is 0 Å². The Labute approximate surface area is 202 Å². The highest BCUT2D eigenvalue weighted by Gasteiger charge is 2.14. The van der Waals surface area contributed by atoms with Crippen LogP contribution in [0, 0.1) is 5.82 Å². The molecule has 0 aliphatic carbocycles. The minimum absolute atomic E-state index is 0.174. The third-order valence-electron chi connectivity index (χ3n) is 4.97. The smallest absolute Gasteiger partial charge is 0.252 e. The average molecular weight is 479 g/mol. The number of hydrogen-bond acceptors (Lipinski definition) is 6. The van der Waals surface area contributed by atoms with E-state index in [1.807, 2.05) is 50.0 Å². The number of rotatable bonds is 8. The SMILES string of the molecule is C=O.C=O.COCCNc1ccc(CNC(=O)c2cccc3c2cnn3-c2ccc(F)cc2)cc1.